The quantitative estimate of drug-likeness (QED) is 0.848. The number of methoxy groups -OCH3 is 1. The third-order valence-corrected chi connectivity index (χ3v) is 4.01. The van der Waals surface area contributed by atoms with Crippen molar-refractivity contribution in [3.05, 3.63) is 33.7 Å². The third kappa shape index (κ3) is 2.27. The molecule has 1 aromatic heterocycles. The summed E-state index contributed by atoms with van der Waals surface area (Å²) in [5.74, 6) is 1.37. The van der Waals surface area contributed by atoms with Crippen LogP contribution >= 0.6 is 0 Å². The van der Waals surface area contributed by atoms with Crippen molar-refractivity contribution in [3.63, 3.8) is 0 Å². The molecular formula is C16H19NO4. The Kier molecular flexibility index (Phi) is 3.59. The van der Waals surface area contributed by atoms with Gasteiger partial charge < -0.3 is 18.8 Å². The number of rotatable bonds is 2. The van der Waals surface area contributed by atoms with Crippen LogP contribution in [0, 0.1) is 13.8 Å². The number of nitrogens with zero attached hydrogens (tertiary/aromatic N) is 1. The van der Waals surface area contributed by atoms with Crippen molar-refractivity contribution < 1.29 is 13.9 Å². The highest BCUT2D eigenvalue weighted by Gasteiger charge is 2.22. The van der Waals surface area contributed by atoms with E-state index in [1.165, 1.54) is 0 Å². The van der Waals surface area contributed by atoms with Gasteiger partial charge in [-0.05, 0) is 26.0 Å². The first-order valence-electron chi connectivity index (χ1n) is 7.07. The molecule has 0 atom stereocenters. The molecule has 112 valence electrons. The van der Waals surface area contributed by atoms with Crippen molar-refractivity contribution in [1.29, 1.82) is 0 Å². The van der Waals surface area contributed by atoms with Crippen LogP contribution in [0.15, 0.2) is 21.3 Å². The largest absolute Gasteiger partial charge is 0.494 e. The molecule has 0 amide bonds. The maximum atomic E-state index is 12.4. The summed E-state index contributed by atoms with van der Waals surface area (Å²) in [6.07, 6.45) is 0. The summed E-state index contributed by atoms with van der Waals surface area (Å²) >= 11 is 0. The van der Waals surface area contributed by atoms with Gasteiger partial charge in [0.1, 0.15) is 17.2 Å². The molecule has 0 aliphatic carbocycles. The zero-order valence-electron chi connectivity index (χ0n) is 12.6. The number of ether oxygens (including phenoxy) is 2. The average Bonchev–Trinajstić information content (AvgIpc) is 2.52. The first-order valence-corrected chi connectivity index (χ1v) is 7.07. The standard InChI is InChI=1S/C16H19NO4/c1-10-11(2)21-16-12(15(10)18)4-5-13(19-3)14(16)17-6-8-20-9-7-17/h4-5H,6-9H2,1-3H3. The number of fused-ring (bicyclic) bond motifs is 1. The van der Waals surface area contributed by atoms with E-state index in [9.17, 15) is 4.79 Å². The van der Waals surface area contributed by atoms with E-state index in [0.29, 0.717) is 35.5 Å². The van der Waals surface area contributed by atoms with Crippen molar-refractivity contribution in [1.82, 2.24) is 0 Å². The molecule has 1 fully saturated rings. The SMILES string of the molecule is COc1ccc2c(=O)c(C)c(C)oc2c1N1CCOCC1. The van der Waals surface area contributed by atoms with Crippen LogP contribution in [0.1, 0.15) is 11.3 Å². The first kappa shape index (κ1) is 13.9. The van der Waals surface area contributed by atoms with Gasteiger partial charge in [-0.1, -0.05) is 0 Å². The van der Waals surface area contributed by atoms with Crippen LogP contribution in [0.2, 0.25) is 0 Å². The number of hydrogen-bond acceptors (Lipinski definition) is 5. The molecule has 0 saturated carbocycles. The molecule has 1 aromatic carbocycles. The van der Waals surface area contributed by atoms with Gasteiger partial charge in [-0.25, -0.2) is 0 Å². The minimum absolute atomic E-state index is 0.0194. The highest BCUT2D eigenvalue weighted by molar-refractivity contribution is 5.93. The Morgan fingerprint density at radius 3 is 2.57 bits per heavy atom. The first-order chi connectivity index (χ1) is 10.1. The van der Waals surface area contributed by atoms with Gasteiger partial charge in [-0.15, -0.1) is 0 Å². The lowest BCUT2D eigenvalue weighted by Gasteiger charge is -2.30. The maximum absolute atomic E-state index is 12.4. The molecule has 1 aliphatic heterocycles. The van der Waals surface area contributed by atoms with Crippen molar-refractivity contribution in [2.45, 2.75) is 13.8 Å². The molecule has 21 heavy (non-hydrogen) atoms. The predicted molar refractivity (Wildman–Crippen MR) is 81.5 cm³/mol. The third-order valence-electron chi connectivity index (χ3n) is 4.01. The predicted octanol–water partition coefficient (Wildman–Crippen LogP) is 2.26. The molecule has 0 unspecified atom stereocenters. The van der Waals surface area contributed by atoms with Crippen LogP contribution in [0.4, 0.5) is 5.69 Å². The Morgan fingerprint density at radius 1 is 1.19 bits per heavy atom. The van der Waals surface area contributed by atoms with E-state index in [2.05, 4.69) is 4.90 Å². The van der Waals surface area contributed by atoms with Crippen molar-refractivity contribution >= 4 is 16.7 Å². The number of benzene rings is 1. The van der Waals surface area contributed by atoms with Gasteiger partial charge in [0, 0.05) is 18.7 Å². The topological polar surface area (TPSA) is 51.9 Å². The Balaban J connectivity index is 2.30. The summed E-state index contributed by atoms with van der Waals surface area (Å²) in [6, 6.07) is 3.61. The summed E-state index contributed by atoms with van der Waals surface area (Å²) in [7, 11) is 1.63. The van der Waals surface area contributed by atoms with E-state index in [0.717, 1.165) is 24.5 Å². The van der Waals surface area contributed by atoms with Gasteiger partial charge in [-0.3, -0.25) is 4.79 Å². The molecule has 3 rings (SSSR count). The number of hydrogen-bond donors (Lipinski definition) is 0. The Bertz CT molecular complexity index is 729. The van der Waals surface area contributed by atoms with Crippen LogP contribution in [-0.2, 0) is 4.74 Å². The van der Waals surface area contributed by atoms with Gasteiger partial charge in [0.25, 0.3) is 0 Å². The smallest absolute Gasteiger partial charge is 0.195 e. The van der Waals surface area contributed by atoms with Crippen LogP contribution in [0.5, 0.6) is 5.75 Å². The summed E-state index contributed by atoms with van der Waals surface area (Å²) in [5, 5.41) is 0.598. The monoisotopic (exact) mass is 289 g/mol. The van der Waals surface area contributed by atoms with E-state index >= 15 is 0 Å². The number of morpholine rings is 1. The Labute approximate surface area is 123 Å². The molecule has 2 aromatic rings. The maximum Gasteiger partial charge on any atom is 0.195 e. The van der Waals surface area contributed by atoms with Gasteiger partial charge >= 0.3 is 0 Å². The molecule has 1 saturated heterocycles. The second kappa shape index (κ2) is 5.41. The van der Waals surface area contributed by atoms with E-state index in [4.69, 9.17) is 13.9 Å². The van der Waals surface area contributed by atoms with Crippen LogP contribution in [-0.4, -0.2) is 33.4 Å². The number of aryl methyl sites for hydroxylation is 1. The highest BCUT2D eigenvalue weighted by Crippen LogP contribution is 2.36. The lowest BCUT2D eigenvalue weighted by atomic mass is 10.1. The molecule has 2 heterocycles. The molecule has 0 spiro atoms. The molecule has 5 nitrogen and oxygen atoms in total. The summed E-state index contributed by atoms with van der Waals surface area (Å²) < 4.78 is 16.8. The van der Waals surface area contributed by atoms with E-state index in [1.54, 1.807) is 20.1 Å². The van der Waals surface area contributed by atoms with Crippen molar-refractivity contribution in [3.8, 4) is 5.75 Å². The van der Waals surface area contributed by atoms with E-state index in [1.807, 2.05) is 13.0 Å². The molecule has 0 radical (unpaired) electrons. The van der Waals surface area contributed by atoms with Gasteiger partial charge in [0.05, 0.1) is 25.7 Å². The summed E-state index contributed by atoms with van der Waals surface area (Å²) in [6.45, 7) is 6.44. The van der Waals surface area contributed by atoms with Crippen LogP contribution in [0.25, 0.3) is 11.0 Å². The zero-order chi connectivity index (χ0) is 15.0. The van der Waals surface area contributed by atoms with E-state index in [-0.39, 0.29) is 5.43 Å². The minimum Gasteiger partial charge on any atom is -0.494 e. The van der Waals surface area contributed by atoms with Crippen molar-refractivity contribution in [2.75, 3.05) is 38.3 Å². The average molecular weight is 289 g/mol. The summed E-state index contributed by atoms with van der Waals surface area (Å²) in [4.78, 5) is 14.6. The lowest BCUT2D eigenvalue weighted by Crippen LogP contribution is -2.36. The Morgan fingerprint density at radius 2 is 1.90 bits per heavy atom. The fourth-order valence-electron chi connectivity index (χ4n) is 2.68. The van der Waals surface area contributed by atoms with Gasteiger partial charge in [0.2, 0.25) is 0 Å². The fourth-order valence-corrected chi connectivity index (χ4v) is 2.68. The molecule has 1 aliphatic rings. The molecule has 5 heteroatoms. The summed E-state index contributed by atoms with van der Waals surface area (Å²) in [5.41, 5.74) is 2.12. The second-order valence-corrected chi connectivity index (χ2v) is 5.20. The highest BCUT2D eigenvalue weighted by atomic mass is 16.5. The van der Waals surface area contributed by atoms with Crippen LogP contribution < -0.4 is 15.1 Å². The van der Waals surface area contributed by atoms with Crippen molar-refractivity contribution in [2.24, 2.45) is 0 Å². The molecule has 0 N–H and O–H groups in total. The lowest BCUT2D eigenvalue weighted by molar-refractivity contribution is 0.122. The normalized spacial score (nSPS) is 15.5. The van der Waals surface area contributed by atoms with Gasteiger partial charge in [0.15, 0.2) is 11.0 Å². The minimum atomic E-state index is 0.0194. The Hall–Kier alpha value is -2.01. The number of anilines is 1. The molecule has 0 bridgehead atoms. The van der Waals surface area contributed by atoms with E-state index < -0.39 is 0 Å². The molecular weight excluding hydrogens is 270 g/mol. The van der Waals surface area contributed by atoms with Crippen LogP contribution in [0.3, 0.4) is 0 Å². The zero-order valence-corrected chi connectivity index (χ0v) is 12.6. The van der Waals surface area contributed by atoms with Gasteiger partial charge in [-0.2, -0.15) is 0 Å². The fraction of sp³-hybridized carbons (Fsp3) is 0.438. The second-order valence-electron chi connectivity index (χ2n) is 5.20.